The fraction of sp³-hybridized carbons (Fsp3) is 0.379. The van der Waals surface area contributed by atoms with E-state index in [4.69, 9.17) is 9.47 Å². The highest BCUT2D eigenvalue weighted by Gasteiger charge is 2.39. The molecule has 1 heterocycles. The van der Waals surface area contributed by atoms with Crippen molar-refractivity contribution in [3.63, 3.8) is 0 Å². The molecule has 3 rings (SSSR count). The van der Waals surface area contributed by atoms with E-state index in [1.54, 1.807) is 12.1 Å². The fourth-order valence-electron chi connectivity index (χ4n) is 4.55. The third kappa shape index (κ3) is 8.05. The van der Waals surface area contributed by atoms with Crippen molar-refractivity contribution in [2.24, 2.45) is 0 Å². The Morgan fingerprint density at radius 3 is 2.22 bits per heavy atom. The number of nitro benzene ring substituents is 1. The van der Waals surface area contributed by atoms with E-state index in [2.05, 4.69) is 10.6 Å². The van der Waals surface area contributed by atoms with Crippen LogP contribution in [0.5, 0.6) is 11.5 Å². The van der Waals surface area contributed by atoms with Crippen LogP contribution in [-0.4, -0.2) is 63.6 Å². The van der Waals surface area contributed by atoms with Crippen molar-refractivity contribution in [3.8, 4) is 11.5 Å². The molecule has 0 radical (unpaired) electrons. The van der Waals surface area contributed by atoms with Gasteiger partial charge in [0.05, 0.1) is 28.6 Å². The molecule has 12 heteroatoms. The third-order valence-corrected chi connectivity index (χ3v) is 6.72. The molecule has 0 fully saturated rings. The van der Waals surface area contributed by atoms with Crippen LogP contribution in [-0.2, 0) is 9.59 Å². The molecule has 12 nitrogen and oxygen atoms in total. The zero-order valence-electron chi connectivity index (χ0n) is 23.3. The highest BCUT2D eigenvalue weighted by atomic mass is 16.6. The molecular formula is C29H35N3O9. The number of rotatable bonds is 14. The van der Waals surface area contributed by atoms with Gasteiger partial charge in [0.15, 0.2) is 0 Å². The molecule has 1 aliphatic heterocycles. The molecule has 1 aliphatic rings. The first kappa shape index (κ1) is 31.1. The summed E-state index contributed by atoms with van der Waals surface area (Å²) in [6, 6.07) is 12.9. The number of ether oxygens (including phenoxy) is 2. The van der Waals surface area contributed by atoms with Crippen molar-refractivity contribution in [2.45, 2.75) is 51.7 Å². The Bertz CT molecular complexity index is 1320. The summed E-state index contributed by atoms with van der Waals surface area (Å²) in [5.41, 5.74) is -0.809. The molecule has 1 unspecified atom stereocenters. The molecule has 0 saturated carbocycles. The number of para-hydroxylation sites is 1. The number of carbonyl (C=O) groups is 2. The Labute approximate surface area is 237 Å². The van der Waals surface area contributed by atoms with Crippen LogP contribution in [0.25, 0.3) is 0 Å². The first-order valence-corrected chi connectivity index (χ1v) is 13.0. The standard InChI is InChI=1S/C29H35N3O9/c1-17-24(27(34)35)26(25(28(36)37)18(2)31-17)22-14-19(32(38)39)10-11-23(22)40-13-12-29(3,4)30-15-20(33)16-41-21-8-6-5-7-9-21/h5-11,14,20,26,30-31,33H,12-13,15-16H2,1-4H3,(H,34,35)(H,36,37). The molecule has 2 aromatic carbocycles. The van der Waals surface area contributed by atoms with Gasteiger partial charge in [-0.05, 0) is 52.3 Å². The summed E-state index contributed by atoms with van der Waals surface area (Å²) in [6.45, 7) is 7.29. The van der Waals surface area contributed by atoms with Gasteiger partial charge in [-0.15, -0.1) is 0 Å². The number of nitrogens with one attached hydrogen (secondary N) is 2. The second-order valence-electron chi connectivity index (χ2n) is 10.4. The number of carboxylic acid groups (broad SMARTS) is 2. The predicted octanol–water partition coefficient (Wildman–Crippen LogP) is 3.58. The molecule has 1 atom stereocenters. The Morgan fingerprint density at radius 2 is 1.66 bits per heavy atom. The zero-order valence-corrected chi connectivity index (χ0v) is 23.3. The average molecular weight is 570 g/mol. The number of allylic oxidation sites excluding steroid dienone is 2. The minimum Gasteiger partial charge on any atom is -0.493 e. The van der Waals surface area contributed by atoms with Crippen molar-refractivity contribution >= 4 is 17.6 Å². The number of nitrogens with zero attached hydrogens (tertiary/aromatic N) is 1. The number of β-amino-alcohol motifs (C(OH)–C–C–N with tert-alkyl or cyclic N) is 1. The maximum atomic E-state index is 12.2. The number of aliphatic hydroxyl groups is 1. The summed E-state index contributed by atoms with van der Waals surface area (Å²) in [7, 11) is 0. The van der Waals surface area contributed by atoms with Crippen molar-refractivity contribution in [2.75, 3.05) is 19.8 Å². The summed E-state index contributed by atoms with van der Waals surface area (Å²) in [6.07, 6.45) is -0.339. The highest BCUT2D eigenvalue weighted by molar-refractivity contribution is 5.98. The lowest BCUT2D eigenvalue weighted by molar-refractivity contribution is -0.384. The Kier molecular flexibility index (Phi) is 10.1. The summed E-state index contributed by atoms with van der Waals surface area (Å²) < 4.78 is 11.6. The van der Waals surface area contributed by atoms with E-state index >= 15 is 0 Å². The maximum absolute atomic E-state index is 12.2. The lowest BCUT2D eigenvalue weighted by Crippen LogP contribution is -2.45. The molecule has 0 aliphatic carbocycles. The monoisotopic (exact) mass is 569 g/mol. The number of benzene rings is 2. The molecule has 0 aromatic heterocycles. The van der Waals surface area contributed by atoms with Crippen LogP contribution < -0.4 is 20.1 Å². The topological polar surface area (TPSA) is 180 Å². The second kappa shape index (κ2) is 13.3. The normalized spacial score (nSPS) is 14.9. The number of dihydropyridines is 1. The quantitative estimate of drug-likeness (QED) is 0.166. The largest absolute Gasteiger partial charge is 0.493 e. The van der Waals surface area contributed by atoms with Gasteiger partial charge in [-0.3, -0.25) is 10.1 Å². The van der Waals surface area contributed by atoms with Gasteiger partial charge in [0, 0.05) is 41.2 Å². The number of nitro groups is 1. The fourth-order valence-corrected chi connectivity index (χ4v) is 4.55. The number of aliphatic carboxylic acids is 2. The Morgan fingerprint density at radius 1 is 1.05 bits per heavy atom. The summed E-state index contributed by atoms with van der Waals surface area (Å²) >= 11 is 0. The lowest BCUT2D eigenvalue weighted by Gasteiger charge is -2.30. The number of aliphatic hydroxyl groups excluding tert-OH is 1. The van der Waals surface area contributed by atoms with Crippen molar-refractivity contribution in [1.29, 1.82) is 0 Å². The van der Waals surface area contributed by atoms with Gasteiger partial charge in [-0.1, -0.05) is 18.2 Å². The molecule has 0 saturated heterocycles. The van der Waals surface area contributed by atoms with Gasteiger partial charge in [0.1, 0.15) is 24.2 Å². The second-order valence-corrected chi connectivity index (χ2v) is 10.4. The maximum Gasteiger partial charge on any atom is 0.334 e. The predicted molar refractivity (Wildman–Crippen MR) is 150 cm³/mol. The number of carboxylic acids is 2. The first-order chi connectivity index (χ1) is 19.3. The van der Waals surface area contributed by atoms with E-state index in [1.807, 2.05) is 32.0 Å². The van der Waals surface area contributed by atoms with Gasteiger partial charge in [-0.2, -0.15) is 0 Å². The van der Waals surface area contributed by atoms with Crippen LogP contribution in [0.1, 0.15) is 45.6 Å². The van der Waals surface area contributed by atoms with E-state index in [1.165, 1.54) is 26.0 Å². The SMILES string of the molecule is CC1=C(C(=O)O)C(c2cc([N+](=O)[O-])ccc2OCCC(C)(C)NCC(O)COc2ccccc2)C(C(=O)O)=C(C)N1. The van der Waals surface area contributed by atoms with Gasteiger partial charge in [0.25, 0.3) is 5.69 Å². The van der Waals surface area contributed by atoms with Gasteiger partial charge >= 0.3 is 11.9 Å². The lowest BCUT2D eigenvalue weighted by atomic mass is 9.80. The van der Waals surface area contributed by atoms with Crippen molar-refractivity contribution < 1.29 is 39.3 Å². The first-order valence-electron chi connectivity index (χ1n) is 13.0. The minimum absolute atomic E-state index is 0.0634. The Balaban J connectivity index is 1.77. The molecule has 2 aromatic rings. The molecule has 220 valence electrons. The molecule has 0 spiro atoms. The van der Waals surface area contributed by atoms with Crippen LogP contribution in [0, 0.1) is 10.1 Å². The number of non-ortho nitro benzene ring substituents is 1. The van der Waals surface area contributed by atoms with E-state index in [-0.39, 0.29) is 59.3 Å². The third-order valence-electron chi connectivity index (χ3n) is 6.72. The van der Waals surface area contributed by atoms with Crippen LogP contribution in [0.2, 0.25) is 0 Å². The Hall–Kier alpha value is -4.42. The number of hydrogen-bond donors (Lipinski definition) is 5. The van der Waals surface area contributed by atoms with Crippen LogP contribution in [0.3, 0.4) is 0 Å². The highest BCUT2D eigenvalue weighted by Crippen LogP contribution is 2.43. The van der Waals surface area contributed by atoms with Crippen LogP contribution in [0.15, 0.2) is 71.1 Å². The summed E-state index contributed by atoms with van der Waals surface area (Å²) in [4.78, 5) is 35.4. The molecule has 5 N–H and O–H groups in total. The van der Waals surface area contributed by atoms with E-state index in [9.17, 15) is 35.0 Å². The minimum atomic E-state index is -1.36. The van der Waals surface area contributed by atoms with Crippen LogP contribution in [0.4, 0.5) is 5.69 Å². The summed E-state index contributed by atoms with van der Waals surface area (Å²) in [5.74, 6) is -3.24. The number of hydrogen-bond acceptors (Lipinski definition) is 9. The van der Waals surface area contributed by atoms with E-state index in [0.717, 1.165) is 6.07 Å². The van der Waals surface area contributed by atoms with E-state index in [0.29, 0.717) is 12.2 Å². The zero-order chi connectivity index (χ0) is 30.3. The smallest absolute Gasteiger partial charge is 0.334 e. The van der Waals surface area contributed by atoms with Gasteiger partial charge in [-0.25, -0.2) is 9.59 Å². The molecule has 41 heavy (non-hydrogen) atoms. The van der Waals surface area contributed by atoms with Crippen molar-refractivity contribution in [3.05, 3.63) is 86.7 Å². The van der Waals surface area contributed by atoms with Crippen LogP contribution >= 0.6 is 0 Å². The van der Waals surface area contributed by atoms with Gasteiger partial charge in [0.2, 0.25) is 0 Å². The molecular weight excluding hydrogens is 534 g/mol. The van der Waals surface area contributed by atoms with E-state index < -0.39 is 34.4 Å². The van der Waals surface area contributed by atoms with Crippen molar-refractivity contribution in [1.82, 2.24) is 10.6 Å². The van der Waals surface area contributed by atoms with Gasteiger partial charge < -0.3 is 35.4 Å². The summed E-state index contributed by atoms with van der Waals surface area (Å²) in [5, 5.41) is 47.9. The molecule has 0 amide bonds. The average Bonchev–Trinajstić information content (AvgIpc) is 2.90. The molecule has 0 bridgehead atoms.